The number of methoxy groups -OCH3 is 1. The van der Waals surface area contributed by atoms with E-state index in [1.54, 1.807) is 7.11 Å². The van der Waals surface area contributed by atoms with E-state index in [4.69, 9.17) is 23.1 Å². The van der Waals surface area contributed by atoms with Gasteiger partial charge < -0.3 is 23.1 Å². The van der Waals surface area contributed by atoms with Crippen molar-refractivity contribution in [3.8, 4) is 5.75 Å². The fraction of sp³-hybridized carbons (Fsp3) is 0.580. The summed E-state index contributed by atoms with van der Waals surface area (Å²) in [6, 6.07) is 29.8. The van der Waals surface area contributed by atoms with Gasteiger partial charge in [0.05, 0.1) is 31.8 Å². The van der Waals surface area contributed by atoms with Crippen molar-refractivity contribution in [1.82, 2.24) is 0 Å². The summed E-state index contributed by atoms with van der Waals surface area (Å²) in [5.41, 5.74) is 1.07. The fourth-order valence-electron chi connectivity index (χ4n) is 8.17. The fourth-order valence-corrected chi connectivity index (χ4v) is 15.0. The molecule has 0 saturated heterocycles. The number of carbonyl (C=O) groups excluding carboxylic acids is 1. The van der Waals surface area contributed by atoms with Gasteiger partial charge in [-0.2, -0.15) is 0 Å². The van der Waals surface area contributed by atoms with Crippen LogP contribution < -0.4 is 15.1 Å². The third-order valence-corrected chi connectivity index (χ3v) is 22.6. The van der Waals surface area contributed by atoms with Gasteiger partial charge in [0.15, 0.2) is 8.32 Å². The molecule has 0 unspecified atom stereocenters. The molecule has 0 amide bonds. The minimum atomic E-state index is -2.71. The zero-order valence-electron chi connectivity index (χ0n) is 39.0. The zero-order valence-corrected chi connectivity index (χ0v) is 43.2. The smallest absolute Gasteiger partial charge is 0.311 e. The van der Waals surface area contributed by atoms with Crippen molar-refractivity contribution in [3.05, 3.63) is 101 Å². The molecule has 0 aliphatic carbocycles. The molecular formula is C50H77IO6Si2. The summed E-state index contributed by atoms with van der Waals surface area (Å²) in [5.74, 6) is 0.423. The van der Waals surface area contributed by atoms with Crippen LogP contribution in [0.2, 0.25) is 23.2 Å². The summed E-state index contributed by atoms with van der Waals surface area (Å²) in [6.07, 6.45) is 2.87. The number of hydrogen-bond donors (Lipinski definition) is 0. The Morgan fingerprint density at radius 3 is 1.78 bits per heavy atom. The van der Waals surface area contributed by atoms with Gasteiger partial charge in [-0.05, 0) is 86.9 Å². The first-order valence-corrected chi connectivity index (χ1v) is 27.8. The molecule has 0 aliphatic heterocycles. The number of rotatable bonds is 22. The lowest BCUT2D eigenvalue weighted by Gasteiger charge is -2.45. The van der Waals surface area contributed by atoms with Crippen LogP contribution in [0.1, 0.15) is 101 Å². The highest BCUT2D eigenvalue weighted by Gasteiger charge is 2.51. The molecule has 3 rings (SSSR count). The molecule has 0 saturated carbocycles. The number of benzene rings is 3. The molecule has 0 spiro atoms. The first-order valence-electron chi connectivity index (χ1n) is 21.8. The average Bonchev–Trinajstić information content (AvgIpc) is 3.19. The highest BCUT2D eigenvalue weighted by atomic mass is 127. The van der Waals surface area contributed by atoms with Gasteiger partial charge in [0, 0.05) is 18.4 Å². The molecule has 0 fully saturated rings. The van der Waals surface area contributed by atoms with E-state index in [9.17, 15) is 4.79 Å². The molecular weight excluding hydrogens is 880 g/mol. The van der Waals surface area contributed by atoms with Gasteiger partial charge in [0.25, 0.3) is 8.32 Å². The maximum atomic E-state index is 14.2. The largest absolute Gasteiger partial charge is 0.497 e. The second-order valence-electron chi connectivity index (χ2n) is 19.5. The summed E-state index contributed by atoms with van der Waals surface area (Å²) < 4.78 is 35.5. The Hall–Kier alpha value is -2.29. The van der Waals surface area contributed by atoms with Crippen molar-refractivity contribution >= 4 is 55.6 Å². The van der Waals surface area contributed by atoms with E-state index in [1.807, 2.05) is 23.1 Å². The maximum Gasteiger partial charge on any atom is 0.311 e. The van der Waals surface area contributed by atoms with E-state index in [2.05, 4.69) is 191 Å². The first kappa shape index (κ1) is 51.1. The summed E-state index contributed by atoms with van der Waals surface area (Å²) in [5, 5.41) is 2.40. The van der Waals surface area contributed by atoms with Crippen LogP contribution in [0.15, 0.2) is 95.1 Å². The van der Waals surface area contributed by atoms with Crippen molar-refractivity contribution in [1.29, 1.82) is 0 Å². The van der Waals surface area contributed by atoms with E-state index < -0.39 is 28.7 Å². The summed E-state index contributed by atoms with van der Waals surface area (Å²) in [6.45, 7) is 32.3. The highest BCUT2D eigenvalue weighted by molar-refractivity contribution is 14.1. The second-order valence-corrected chi connectivity index (χ2v) is 29.2. The lowest BCUT2D eigenvalue weighted by Crippen LogP contribution is -2.66. The number of ether oxygens (including phenoxy) is 3. The first-order chi connectivity index (χ1) is 27.6. The van der Waals surface area contributed by atoms with Crippen molar-refractivity contribution in [2.75, 3.05) is 13.7 Å². The number of esters is 1. The van der Waals surface area contributed by atoms with Crippen LogP contribution in [0, 0.1) is 29.6 Å². The van der Waals surface area contributed by atoms with E-state index >= 15 is 0 Å². The van der Waals surface area contributed by atoms with E-state index in [0.717, 1.165) is 24.2 Å². The Morgan fingerprint density at radius 2 is 1.32 bits per heavy atom. The van der Waals surface area contributed by atoms with Crippen molar-refractivity contribution in [3.63, 3.8) is 0 Å². The Labute approximate surface area is 375 Å². The minimum Gasteiger partial charge on any atom is -0.497 e. The number of hydrogen-bond acceptors (Lipinski definition) is 6. The van der Waals surface area contributed by atoms with Gasteiger partial charge in [-0.1, -0.05) is 178 Å². The number of carbonyl (C=O) groups is 1. The van der Waals surface area contributed by atoms with Crippen molar-refractivity contribution in [2.24, 2.45) is 29.6 Å². The second kappa shape index (κ2) is 22.7. The van der Waals surface area contributed by atoms with E-state index in [1.165, 1.54) is 10.4 Å². The topological polar surface area (TPSA) is 63.2 Å². The van der Waals surface area contributed by atoms with Crippen molar-refractivity contribution < 1.29 is 27.9 Å². The predicted molar refractivity (Wildman–Crippen MR) is 261 cm³/mol. The molecule has 0 aromatic heterocycles. The molecule has 59 heavy (non-hydrogen) atoms. The molecule has 328 valence electrons. The number of halogens is 1. The molecule has 0 heterocycles. The molecule has 3 aromatic carbocycles. The normalized spacial score (nSPS) is 17.1. The lowest BCUT2D eigenvalue weighted by atomic mass is 9.81. The van der Waals surface area contributed by atoms with Crippen molar-refractivity contribution in [2.45, 2.75) is 144 Å². The molecule has 8 atom stereocenters. The summed E-state index contributed by atoms with van der Waals surface area (Å²) >= 11 is 2.23. The SMILES string of the molecule is CC[C@@H](OC(=O)[C@H](C)[C@@H](O[Si](C)(C)C(C)(C)C)[C@H](C)[C@H](OCc1ccc(OC)cc1)[C@@H](C)C[C@@H](C)CO[Si](c1ccccc1)(c1ccccc1)C(C)(C)C)[C@H](C)/C=C/I. The van der Waals surface area contributed by atoms with E-state index in [0.29, 0.717) is 13.2 Å². The zero-order chi connectivity index (χ0) is 44.2. The average molecular weight is 957 g/mol. The lowest BCUT2D eigenvalue weighted by molar-refractivity contribution is -0.162. The summed E-state index contributed by atoms with van der Waals surface area (Å²) in [4.78, 5) is 14.2. The maximum absolute atomic E-state index is 14.2. The Kier molecular flexibility index (Phi) is 19.6. The highest BCUT2D eigenvalue weighted by Crippen LogP contribution is 2.42. The molecule has 0 aliphatic rings. The van der Waals surface area contributed by atoms with Crippen LogP contribution in [0.4, 0.5) is 0 Å². The third-order valence-electron chi connectivity index (χ3n) is 12.7. The Morgan fingerprint density at radius 1 is 0.780 bits per heavy atom. The minimum absolute atomic E-state index is 0.0575. The molecule has 0 radical (unpaired) electrons. The van der Waals surface area contributed by atoms with Crippen LogP contribution >= 0.6 is 22.6 Å². The van der Waals surface area contributed by atoms with E-state index in [-0.39, 0.29) is 51.9 Å². The molecule has 9 heteroatoms. The van der Waals surface area contributed by atoms with Crippen LogP contribution in [0.25, 0.3) is 0 Å². The standard InChI is InChI=1S/C50H77IO6Si2/c1-16-45(37(3)31-32-51)56-48(52)40(6)47(57-58(14,15)49(7,8)9)39(5)46(54-35-41-27-29-42(53-13)30-28-41)38(4)33-36(2)34-55-59(50(10,11)12,43-23-19-17-20-24-43)44-25-21-18-22-26-44/h17-32,36-40,45-47H,16,33-35H2,1-15H3/b32-31+/t36-,37-,38+,39-,40-,45-,46-,47+/m1/s1. The molecule has 3 aromatic rings. The van der Waals surface area contributed by atoms with Crippen LogP contribution in [0.5, 0.6) is 5.75 Å². The summed E-state index contributed by atoms with van der Waals surface area (Å²) in [7, 11) is -3.38. The third kappa shape index (κ3) is 13.6. The van der Waals surface area contributed by atoms with Gasteiger partial charge in [-0.3, -0.25) is 4.79 Å². The quantitative estimate of drug-likeness (QED) is 0.0568. The van der Waals surface area contributed by atoms with Gasteiger partial charge >= 0.3 is 5.97 Å². The molecule has 6 nitrogen and oxygen atoms in total. The Bertz CT molecular complexity index is 1660. The monoisotopic (exact) mass is 956 g/mol. The van der Waals surface area contributed by atoms with Gasteiger partial charge in [0.2, 0.25) is 0 Å². The van der Waals surface area contributed by atoms with Crippen LogP contribution in [-0.2, 0) is 29.7 Å². The van der Waals surface area contributed by atoms with Crippen LogP contribution in [-0.4, -0.2) is 54.6 Å². The van der Waals surface area contributed by atoms with Crippen LogP contribution in [0.3, 0.4) is 0 Å². The molecule has 0 N–H and O–H groups in total. The van der Waals surface area contributed by atoms with Gasteiger partial charge in [-0.15, -0.1) is 0 Å². The van der Waals surface area contributed by atoms with Gasteiger partial charge in [-0.25, -0.2) is 0 Å². The molecule has 0 bridgehead atoms. The predicted octanol–water partition coefficient (Wildman–Crippen LogP) is 12.4. The Balaban J connectivity index is 2.03. The van der Waals surface area contributed by atoms with Gasteiger partial charge in [0.1, 0.15) is 11.9 Å².